The Morgan fingerprint density at radius 1 is 0.913 bits per heavy atom. The van der Waals surface area contributed by atoms with Gasteiger partial charge >= 0.3 is 0 Å². The first-order valence-corrected chi connectivity index (χ1v) is 9.62. The van der Waals surface area contributed by atoms with Crippen LogP contribution in [0.5, 0.6) is 0 Å². The van der Waals surface area contributed by atoms with Gasteiger partial charge in [-0.1, -0.05) is 30.3 Å². The molecule has 4 bridgehead atoms. The van der Waals surface area contributed by atoms with E-state index in [1.807, 2.05) is 0 Å². The minimum Gasteiger partial charge on any atom is -0.335 e. The van der Waals surface area contributed by atoms with Gasteiger partial charge in [0.15, 0.2) is 0 Å². The van der Waals surface area contributed by atoms with Crippen LogP contribution >= 0.6 is 0 Å². The fraction of sp³-hybridized carbons (Fsp3) is 0.667. The van der Waals surface area contributed by atoms with E-state index in [4.69, 9.17) is 0 Å². The molecule has 1 amide bonds. The molecule has 2 heteroatoms. The van der Waals surface area contributed by atoms with Crippen LogP contribution in [-0.2, 0) is 11.3 Å². The smallest absolute Gasteiger partial charge is 0.226 e. The molecule has 1 aromatic carbocycles. The van der Waals surface area contributed by atoms with Crippen LogP contribution in [0.2, 0.25) is 0 Å². The Bertz CT molecular complexity index is 563. The maximum Gasteiger partial charge on any atom is 0.226 e. The Balaban J connectivity index is 1.37. The fourth-order valence-electron chi connectivity index (χ4n) is 6.07. The van der Waals surface area contributed by atoms with Crippen molar-refractivity contribution >= 4 is 5.91 Å². The Kier molecular flexibility index (Phi) is 3.28. The molecule has 0 N–H and O–H groups in total. The van der Waals surface area contributed by atoms with Crippen LogP contribution in [0.1, 0.15) is 50.5 Å². The number of carbonyl (C=O) groups is 1. The van der Waals surface area contributed by atoms with Crippen molar-refractivity contribution in [2.75, 3.05) is 0 Å². The number of hydrogen-bond acceptors (Lipinski definition) is 1. The molecular formula is C21H27NO. The van der Waals surface area contributed by atoms with Crippen molar-refractivity contribution in [1.29, 1.82) is 0 Å². The van der Waals surface area contributed by atoms with Gasteiger partial charge in [0.2, 0.25) is 5.91 Å². The van der Waals surface area contributed by atoms with Gasteiger partial charge in [-0.25, -0.2) is 0 Å². The number of rotatable bonds is 4. The molecule has 6 rings (SSSR count). The van der Waals surface area contributed by atoms with Gasteiger partial charge in [-0.15, -0.1) is 0 Å². The fourth-order valence-corrected chi connectivity index (χ4v) is 6.07. The molecule has 5 aliphatic rings. The zero-order valence-corrected chi connectivity index (χ0v) is 13.9. The summed E-state index contributed by atoms with van der Waals surface area (Å²) in [6, 6.07) is 11.1. The summed E-state index contributed by atoms with van der Waals surface area (Å²) in [7, 11) is 0. The number of hydrogen-bond donors (Lipinski definition) is 0. The molecule has 0 radical (unpaired) electrons. The number of nitrogens with zero attached hydrogens (tertiary/aromatic N) is 1. The van der Waals surface area contributed by atoms with Crippen LogP contribution in [0.15, 0.2) is 30.3 Å². The second kappa shape index (κ2) is 5.36. The van der Waals surface area contributed by atoms with E-state index in [1.54, 1.807) is 0 Å². The van der Waals surface area contributed by atoms with Gasteiger partial charge in [0.1, 0.15) is 0 Å². The van der Waals surface area contributed by atoms with E-state index in [1.165, 1.54) is 50.5 Å². The molecular weight excluding hydrogens is 282 g/mol. The lowest BCUT2D eigenvalue weighted by Crippen LogP contribution is -2.52. The van der Waals surface area contributed by atoms with Gasteiger partial charge in [0.25, 0.3) is 0 Å². The van der Waals surface area contributed by atoms with Crippen molar-refractivity contribution in [1.82, 2.24) is 4.90 Å². The first-order valence-electron chi connectivity index (χ1n) is 9.62. The molecule has 0 spiro atoms. The number of benzene rings is 1. The van der Waals surface area contributed by atoms with Gasteiger partial charge in [-0.3, -0.25) is 4.79 Å². The third-order valence-corrected chi connectivity index (χ3v) is 6.98. The monoisotopic (exact) mass is 309 g/mol. The first-order chi connectivity index (χ1) is 11.3. The second-order valence-electron chi connectivity index (χ2n) is 8.64. The van der Waals surface area contributed by atoms with Crippen molar-refractivity contribution in [3.05, 3.63) is 35.9 Å². The molecule has 5 fully saturated rings. The molecule has 0 aromatic heterocycles. The quantitative estimate of drug-likeness (QED) is 0.814. The summed E-state index contributed by atoms with van der Waals surface area (Å²) in [4.78, 5) is 15.7. The number of carbonyl (C=O) groups excluding carboxylic acids is 1. The van der Waals surface area contributed by atoms with Crippen LogP contribution in [0.4, 0.5) is 0 Å². The molecule has 5 saturated carbocycles. The average Bonchev–Trinajstić information content (AvgIpc) is 3.37. The van der Waals surface area contributed by atoms with Crippen molar-refractivity contribution < 1.29 is 4.79 Å². The molecule has 0 atom stereocenters. The van der Waals surface area contributed by atoms with Crippen LogP contribution in [0, 0.1) is 29.6 Å². The van der Waals surface area contributed by atoms with Crippen LogP contribution in [0.25, 0.3) is 0 Å². The summed E-state index contributed by atoms with van der Waals surface area (Å²) in [6.07, 6.45) is 9.25. The third kappa shape index (κ3) is 2.51. The SMILES string of the molecule is O=C(C1C2CC3CC(C2)CC1C3)N(Cc1ccccc1)C1CC1. The maximum absolute atomic E-state index is 13.4. The Labute approximate surface area is 139 Å². The van der Waals surface area contributed by atoms with Gasteiger partial charge in [0, 0.05) is 18.5 Å². The van der Waals surface area contributed by atoms with Crippen molar-refractivity contribution in [2.45, 2.75) is 57.5 Å². The van der Waals surface area contributed by atoms with Gasteiger partial charge in [-0.05, 0) is 74.2 Å². The van der Waals surface area contributed by atoms with E-state index < -0.39 is 0 Å². The van der Waals surface area contributed by atoms with Crippen molar-refractivity contribution in [3.63, 3.8) is 0 Å². The lowest BCUT2D eigenvalue weighted by atomic mass is 9.51. The summed E-state index contributed by atoms with van der Waals surface area (Å²) in [5.41, 5.74) is 1.29. The molecule has 0 aliphatic heterocycles. The topological polar surface area (TPSA) is 20.3 Å². The van der Waals surface area contributed by atoms with Gasteiger partial charge in [0.05, 0.1) is 0 Å². The highest BCUT2D eigenvalue weighted by molar-refractivity contribution is 5.80. The zero-order chi connectivity index (χ0) is 15.4. The summed E-state index contributed by atoms with van der Waals surface area (Å²) in [5.74, 6) is 4.17. The predicted octanol–water partition coefficient (Wildman–Crippen LogP) is 4.25. The largest absolute Gasteiger partial charge is 0.335 e. The summed E-state index contributed by atoms with van der Waals surface area (Å²) < 4.78 is 0. The van der Waals surface area contributed by atoms with E-state index in [2.05, 4.69) is 35.2 Å². The summed E-state index contributed by atoms with van der Waals surface area (Å²) in [5, 5.41) is 0. The Hall–Kier alpha value is -1.31. The molecule has 5 aliphatic carbocycles. The van der Waals surface area contributed by atoms with E-state index in [-0.39, 0.29) is 0 Å². The molecule has 0 unspecified atom stereocenters. The highest BCUT2D eigenvalue weighted by atomic mass is 16.2. The van der Waals surface area contributed by atoms with Crippen LogP contribution < -0.4 is 0 Å². The third-order valence-electron chi connectivity index (χ3n) is 6.98. The van der Waals surface area contributed by atoms with Gasteiger partial charge < -0.3 is 4.90 Å². The van der Waals surface area contributed by atoms with Gasteiger partial charge in [-0.2, -0.15) is 0 Å². The summed E-state index contributed by atoms with van der Waals surface area (Å²) >= 11 is 0. The van der Waals surface area contributed by atoms with Crippen molar-refractivity contribution in [2.24, 2.45) is 29.6 Å². The molecule has 1 aromatic rings. The van der Waals surface area contributed by atoms with Crippen LogP contribution in [0.3, 0.4) is 0 Å². The molecule has 122 valence electrons. The normalized spacial score (nSPS) is 37.8. The second-order valence-corrected chi connectivity index (χ2v) is 8.64. The lowest BCUT2D eigenvalue weighted by Gasteiger charge is -2.54. The van der Waals surface area contributed by atoms with E-state index in [0.29, 0.717) is 29.7 Å². The highest BCUT2D eigenvalue weighted by Gasteiger charge is 2.52. The van der Waals surface area contributed by atoms with E-state index >= 15 is 0 Å². The Morgan fingerprint density at radius 3 is 2.09 bits per heavy atom. The first kappa shape index (κ1) is 14.1. The molecule has 0 heterocycles. The average molecular weight is 309 g/mol. The standard InChI is InChI=1S/C21H27NO/c23-21(20-17-9-15-8-16(11-17)12-18(20)10-15)22(19-6-7-19)13-14-4-2-1-3-5-14/h1-5,15-20H,6-13H2. The summed E-state index contributed by atoms with van der Waals surface area (Å²) in [6.45, 7) is 0.827. The van der Waals surface area contributed by atoms with E-state index in [0.717, 1.165) is 18.4 Å². The van der Waals surface area contributed by atoms with E-state index in [9.17, 15) is 4.79 Å². The molecule has 23 heavy (non-hydrogen) atoms. The number of amides is 1. The highest BCUT2D eigenvalue weighted by Crippen LogP contribution is 2.57. The Morgan fingerprint density at radius 2 is 1.52 bits per heavy atom. The predicted molar refractivity (Wildman–Crippen MR) is 90.5 cm³/mol. The maximum atomic E-state index is 13.4. The zero-order valence-electron chi connectivity index (χ0n) is 13.9. The van der Waals surface area contributed by atoms with Crippen molar-refractivity contribution in [3.8, 4) is 0 Å². The minimum absolute atomic E-state index is 0.354. The molecule has 0 saturated heterocycles. The lowest BCUT2D eigenvalue weighted by molar-refractivity contribution is -0.150. The minimum atomic E-state index is 0.354. The van der Waals surface area contributed by atoms with Crippen LogP contribution in [-0.4, -0.2) is 16.8 Å². The molecule has 2 nitrogen and oxygen atoms in total.